The van der Waals surface area contributed by atoms with Gasteiger partial charge in [0.2, 0.25) is 0 Å². The molecule has 1 rings (SSSR count). The maximum atomic E-state index is 13.1. The fourth-order valence-electron chi connectivity index (χ4n) is 1.60. The van der Waals surface area contributed by atoms with E-state index >= 15 is 0 Å². The average Bonchev–Trinajstić information content (AvgIpc) is 2.67. The van der Waals surface area contributed by atoms with Crippen molar-refractivity contribution in [3.63, 3.8) is 0 Å². The number of amidine groups is 1. The molecule has 0 spiro atoms. The molecule has 0 aliphatic carbocycles. The topological polar surface area (TPSA) is 124 Å². The van der Waals surface area contributed by atoms with E-state index in [1.54, 1.807) is 0 Å². The zero-order valence-electron chi connectivity index (χ0n) is 11.0. The normalized spacial score (nSPS) is 25.9. The Morgan fingerprint density at radius 2 is 2.00 bits per heavy atom. The van der Waals surface area contributed by atoms with Gasteiger partial charge in [-0.05, 0) is 0 Å². The van der Waals surface area contributed by atoms with E-state index in [0.29, 0.717) is 0 Å². The zero-order chi connectivity index (χ0) is 15.3. The van der Waals surface area contributed by atoms with E-state index in [2.05, 4.69) is 5.32 Å². The van der Waals surface area contributed by atoms with Crippen LogP contribution in [0, 0.1) is 5.41 Å². The quantitative estimate of drug-likeness (QED) is 0.355. The van der Waals surface area contributed by atoms with Gasteiger partial charge in [-0.3, -0.25) is 15.0 Å². The molecule has 1 aliphatic rings. The second kappa shape index (κ2) is 6.85. The van der Waals surface area contributed by atoms with Crippen molar-refractivity contribution in [2.75, 3.05) is 6.61 Å². The van der Waals surface area contributed by atoms with Crippen LogP contribution >= 0.6 is 0 Å². The van der Waals surface area contributed by atoms with Gasteiger partial charge in [0, 0.05) is 20.0 Å². The molecular weight excluding hydrogens is 273 g/mol. The third kappa shape index (κ3) is 4.50. The van der Waals surface area contributed by atoms with Crippen molar-refractivity contribution in [2.45, 2.75) is 32.3 Å². The van der Waals surface area contributed by atoms with Crippen molar-refractivity contribution < 1.29 is 28.2 Å². The van der Waals surface area contributed by atoms with Gasteiger partial charge in [0.05, 0.1) is 6.61 Å². The third-order valence-corrected chi connectivity index (χ3v) is 2.36. The molecule has 3 atom stereocenters. The first kappa shape index (κ1) is 15.9. The largest absolute Gasteiger partial charge is 0.456 e. The van der Waals surface area contributed by atoms with E-state index < -0.39 is 42.0 Å². The van der Waals surface area contributed by atoms with Gasteiger partial charge in [-0.15, -0.1) is 0 Å². The van der Waals surface area contributed by atoms with Gasteiger partial charge in [0.1, 0.15) is 0 Å². The molecule has 112 valence electrons. The van der Waals surface area contributed by atoms with E-state index in [0.717, 1.165) is 6.20 Å². The molecule has 9 heteroatoms. The number of rotatable bonds is 5. The van der Waals surface area contributed by atoms with E-state index in [9.17, 15) is 14.0 Å². The highest BCUT2D eigenvalue weighted by Crippen LogP contribution is 2.20. The SMILES string of the molecule is CC(=O)OC1COC(N/C=C(/F)C(=N)N)C1OC(C)=O. The molecule has 0 bridgehead atoms. The number of nitrogens with two attached hydrogens (primary N) is 1. The third-order valence-electron chi connectivity index (χ3n) is 2.36. The predicted octanol–water partition coefficient (Wildman–Crippen LogP) is -0.457. The van der Waals surface area contributed by atoms with Crippen LogP contribution in [0.25, 0.3) is 0 Å². The monoisotopic (exact) mass is 289 g/mol. The van der Waals surface area contributed by atoms with Crippen molar-refractivity contribution in [1.82, 2.24) is 5.32 Å². The first-order chi connectivity index (χ1) is 9.31. The molecular formula is C11H16FN3O5. The number of esters is 2. The molecule has 0 aromatic rings. The molecule has 1 fully saturated rings. The minimum atomic E-state index is -0.994. The molecule has 20 heavy (non-hydrogen) atoms. The van der Waals surface area contributed by atoms with Crippen LogP contribution in [-0.4, -0.2) is 42.8 Å². The Morgan fingerprint density at radius 1 is 1.40 bits per heavy atom. The summed E-state index contributed by atoms with van der Waals surface area (Å²) in [5.74, 6) is -2.90. The summed E-state index contributed by atoms with van der Waals surface area (Å²) in [6.07, 6.45) is -1.80. The summed E-state index contributed by atoms with van der Waals surface area (Å²) < 4.78 is 28.2. The molecule has 1 saturated heterocycles. The van der Waals surface area contributed by atoms with Crippen LogP contribution in [0.15, 0.2) is 12.0 Å². The summed E-state index contributed by atoms with van der Waals surface area (Å²) in [7, 11) is 0. The van der Waals surface area contributed by atoms with E-state index in [1.165, 1.54) is 13.8 Å². The van der Waals surface area contributed by atoms with Crippen molar-refractivity contribution in [2.24, 2.45) is 5.73 Å². The fourth-order valence-corrected chi connectivity index (χ4v) is 1.60. The van der Waals surface area contributed by atoms with Crippen molar-refractivity contribution in [3.8, 4) is 0 Å². The Kier molecular flexibility index (Phi) is 5.44. The van der Waals surface area contributed by atoms with Crippen molar-refractivity contribution >= 4 is 17.8 Å². The number of hydrogen-bond donors (Lipinski definition) is 3. The van der Waals surface area contributed by atoms with Crippen LogP contribution in [-0.2, 0) is 23.8 Å². The smallest absolute Gasteiger partial charge is 0.303 e. The standard InChI is InChI=1S/C11H16FN3O5/c1-5(16)19-8-4-18-11(9(8)20-6(2)17)15-3-7(12)10(13)14/h3,8-9,11,15H,4H2,1-2H3,(H3,13,14)/b7-3+. The average molecular weight is 289 g/mol. The van der Waals surface area contributed by atoms with Crippen LogP contribution in [0.5, 0.6) is 0 Å². The number of carbonyl (C=O) groups excluding carboxylic acids is 2. The van der Waals surface area contributed by atoms with E-state index in [4.69, 9.17) is 25.4 Å². The molecule has 4 N–H and O–H groups in total. The Morgan fingerprint density at radius 3 is 2.50 bits per heavy atom. The summed E-state index contributed by atoms with van der Waals surface area (Å²) >= 11 is 0. The Hall–Kier alpha value is -2.16. The number of ether oxygens (including phenoxy) is 3. The lowest BCUT2D eigenvalue weighted by atomic mass is 10.2. The van der Waals surface area contributed by atoms with Crippen LogP contribution in [0.2, 0.25) is 0 Å². The molecule has 3 unspecified atom stereocenters. The lowest BCUT2D eigenvalue weighted by Gasteiger charge is -2.22. The number of halogens is 1. The minimum Gasteiger partial charge on any atom is -0.456 e. The highest BCUT2D eigenvalue weighted by atomic mass is 19.1. The molecule has 8 nitrogen and oxygen atoms in total. The predicted molar refractivity (Wildman–Crippen MR) is 65.1 cm³/mol. The van der Waals surface area contributed by atoms with Gasteiger partial charge >= 0.3 is 11.9 Å². The summed E-state index contributed by atoms with van der Waals surface area (Å²) in [5, 5.41) is 9.34. The molecule has 0 radical (unpaired) electrons. The molecule has 1 aliphatic heterocycles. The van der Waals surface area contributed by atoms with Crippen LogP contribution in [0.4, 0.5) is 4.39 Å². The molecule has 0 aromatic carbocycles. The number of carbonyl (C=O) groups is 2. The highest BCUT2D eigenvalue weighted by molar-refractivity contribution is 5.91. The Balaban J connectivity index is 2.74. The summed E-state index contributed by atoms with van der Waals surface area (Å²) in [4.78, 5) is 22.0. The maximum absolute atomic E-state index is 13.1. The van der Waals surface area contributed by atoms with E-state index in [-0.39, 0.29) is 6.61 Å². The molecule has 1 heterocycles. The summed E-state index contributed by atoms with van der Waals surface area (Å²) in [6, 6.07) is 0. The van der Waals surface area contributed by atoms with Crippen LogP contribution in [0.3, 0.4) is 0 Å². The number of nitrogens with one attached hydrogen (secondary N) is 2. The zero-order valence-corrected chi connectivity index (χ0v) is 11.0. The van der Waals surface area contributed by atoms with Crippen LogP contribution in [0.1, 0.15) is 13.8 Å². The number of hydrogen-bond acceptors (Lipinski definition) is 7. The van der Waals surface area contributed by atoms with Gasteiger partial charge in [-0.1, -0.05) is 0 Å². The maximum Gasteiger partial charge on any atom is 0.303 e. The van der Waals surface area contributed by atoms with Gasteiger partial charge in [-0.2, -0.15) is 0 Å². The Labute approximate surface area is 114 Å². The van der Waals surface area contributed by atoms with Gasteiger partial charge in [0.15, 0.2) is 30.1 Å². The van der Waals surface area contributed by atoms with Gasteiger partial charge in [0.25, 0.3) is 0 Å². The second-order valence-corrected chi connectivity index (χ2v) is 4.05. The van der Waals surface area contributed by atoms with E-state index in [1.807, 2.05) is 0 Å². The molecule has 0 saturated carbocycles. The lowest BCUT2D eigenvalue weighted by Crippen LogP contribution is -2.43. The van der Waals surface area contributed by atoms with Crippen LogP contribution < -0.4 is 11.1 Å². The molecule has 0 amide bonds. The lowest BCUT2D eigenvalue weighted by molar-refractivity contribution is -0.163. The van der Waals surface area contributed by atoms with Gasteiger partial charge < -0.3 is 25.3 Å². The Bertz CT molecular complexity index is 440. The van der Waals surface area contributed by atoms with Gasteiger partial charge in [-0.25, -0.2) is 4.39 Å². The van der Waals surface area contributed by atoms with Crippen molar-refractivity contribution in [1.29, 1.82) is 5.41 Å². The highest BCUT2D eigenvalue weighted by Gasteiger charge is 2.41. The molecule has 0 aromatic heterocycles. The minimum absolute atomic E-state index is 0.00920. The first-order valence-electron chi connectivity index (χ1n) is 5.73. The first-order valence-corrected chi connectivity index (χ1v) is 5.73. The second-order valence-electron chi connectivity index (χ2n) is 4.05. The fraction of sp³-hybridized carbons (Fsp3) is 0.545. The summed E-state index contributed by atoms with van der Waals surface area (Å²) in [5.41, 5.74) is 4.93. The van der Waals surface area contributed by atoms with Crippen molar-refractivity contribution in [3.05, 3.63) is 12.0 Å². The summed E-state index contributed by atoms with van der Waals surface area (Å²) in [6.45, 7) is 2.39.